The third kappa shape index (κ3) is 4.92. The number of rotatable bonds is 6. The van der Waals surface area contributed by atoms with Crippen molar-refractivity contribution in [3.63, 3.8) is 0 Å². The summed E-state index contributed by atoms with van der Waals surface area (Å²) >= 11 is 0. The van der Waals surface area contributed by atoms with E-state index in [-0.39, 0.29) is 11.3 Å². The Morgan fingerprint density at radius 3 is 2.77 bits per heavy atom. The first-order valence-electron chi connectivity index (χ1n) is 11.3. The Labute approximate surface area is 200 Å². The van der Waals surface area contributed by atoms with Crippen LogP contribution in [0.1, 0.15) is 20.3 Å². The molecule has 0 aliphatic carbocycles. The van der Waals surface area contributed by atoms with Gasteiger partial charge in [0, 0.05) is 56.4 Å². The number of hydrogen-bond donors (Lipinski definition) is 3. The highest BCUT2D eigenvalue weighted by atomic mass is 19.3. The van der Waals surface area contributed by atoms with E-state index in [1.54, 1.807) is 18.3 Å². The van der Waals surface area contributed by atoms with Gasteiger partial charge in [0.2, 0.25) is 5.91 Å². The molecular formula is C23H26F2N8O2. The van der Waals surface area contributed by atoms with Gasteiger partial charge in [0.15, 0.2) is 12.0 Å². The molecule has 12 heteroatoms. The topological polar surface area (TPSA) is 117 Å². The van der Waals surface area contributed by atoms with E-state index in [0.29, 0.717) is 28.6 Å². The van der Waals surface area contributed by atoms with Gasteiger partial charge < -0.3 is 25.6 Å². The first-order chi connectivity index (χ1) is 16.7. The van der Waals surface area contributed by atoms with E-state index in [1.165, 1.54) is 13.1 Å². The van der Waals surface area contributed by atoms with E-state index in [0.717, 1.165) is 45.5 Å². The Balaban J connectivity index is 1.40. The quantitative estimate of drug-likeness (QED) is 0.573. The van der Waals surface area contributed by atoms with Gasteiger partial charge in [-0.1, -0.05) is 0 Å². The smallest absolute Gasteiger partial charge is 0.285 e. The number of carbonyl (C=O) groups excluding carboxylic acids is 1. The average molecular weight is 485 g/mol. The molecule has 2 fully saturated rings. The fourth-order valence-electron chi connectivity index (χ4n) is 4.32. The molecule has 5 heterocycles. The zero-order chi connectivity index (χ0) is 24.6. The highest BCUT2D eigenvalue weighted by Gasteiger charge is 2.44. The van der Waals surface area contributed by atoms with Crippen LogP contribution in [0.25, 0.3) is 11.3 Å². The molecule has 1 amide bonds. The van der Waals surface area contributed by atoms with Gasteiger partial charge in [-0.2, -0.15) is 0 Å². The summed E-state index contributed by atoms with van der Waals surface area (Å²) in [5.74, 6) is -1.92. The molecule has 1 atom stereocenters. The number of pyridine rings is 1. The molecule has 5 rings (SSSR count). The van der Waals surface area contributed by atoms with Crippen LogP contribution in [0.15, 0.2) is 41.3 Å². The molecule has 3 aliphatic heterocycles. The number of allylic oxidation sites excluding steroid dienone is 1. The van der Waals surface area contributed by atoms with Crippen LogP contribution in [-0.2, 0) is 9.53 Å². The van der Waals surface area contributed by atoms with Crippen molar-refractivity contribution < 1.29 is 18.3 Å². The Kier molecular flexibility index (Phi) is 5.83. The molecule has 2 aromatic heterocycles. The molecule has 0 aromatic carbocycles. The Hall–Kier alpha value is -3.67. The van der Waals surface area contributed by atoms with Crippen LogP contribution in [0.4, 0.5) is 26.1 Å². The molecule has 0 bridgehead atoms. The van der Waals surface area contributed by atoms with Gasteiger partial charge in [-0.25, -0.2) is 13.8 Å². The molecule has 35 heavy (non-hydrogen) atoms. The molecule has 3 aliphatic rings. The van der Waals surface area contributed by atoms with Crippen molar-refractivity contribution >= 4 is 29.4 Å². The van der Waals surface area contributed by atoms with Crippen molar-refractivity contribution in [3.05, 3.63) is 36.3 Å². The Morgan fingerprint density at radius 2 is 2.14 bits per heavy atom. The number of carbonyl (C=O) groups is 1. The van der Waals surface area contributed by atoms with E-state index in [2.05, 4.69) is 41.0 Å². The van der Waals surface area contributed by atoms with Crippen LogP contribution in [0.3, 0.4) is 0 Å². The standard InChI is InChI=1S/C23H26F2N8O2/c1-14(34)28-19-9-17(29-18-5-7-26-21(30-18)22(2,24)25)15(10-27-19)16-3-4-20(32-31-16)33-8-6-23(11-33)12-35-13-23/h3-5,7,9-10,21,30H,6,8,11-13H2,1-2H3,(H2,27,28,29,34). The summed E-state index contributed by atoms with van der Waals surface area (Å²) < 4.78 is 33.0. The lowest BCUT2D eigenvalue weighted by molar-refractivity contribution is -0.114. The van der Waals surface area contributed by atoms with Gasteiger partial charge >= 0.3 is 0 Å². The lowest BCUT2D eigenvalue weighted by atomic mass is 9.85. The number of hydrogen-bond acceptors (Lipinski definition) is 9. The summed E-state index contributed by atoms with van der Waals surface area (Å²) in [4.78, 5) is 21.8. The fraction of sp³-hybridized carbons (Fsp3) is 0.435. The first-order valence-corrected chi connectivity index (χ1v) is 11.3. The molecule has 2 aromatic rings. The fourth-order valence-corrected chi connectivity index (χ4v) is 4.32. The van der Waals surface area contributed by atoms with Crippen molar-refractivity contribution in [1.29, 1.82) is 0 Å². The largest absolute Gasteiger partial charge is 0.380 e. The molecule has 1 unspecified atom stereocenters. The molecule has 3 N–H and O–H groups in total. The van der Waals surface area contributed by atoms with Crippen LogP contribution in [0.5, 0.6) is 0 Å². The van der Waals surface area contributed by atoms with Crippen LogP contribution >= 0.6 is 0 Å². The summed E-state index contributed by atoms with van der Waals surface area (Å²) in [5, 5.41) is 17.2. The number of ether oxygens (including phenoxy) is 1. The number of nitrogens with zero attached hydrogens (tertiary/aromatic N) is 5. The minimum Gasteiger partial charge on any atom is -0.380 e. The van der Waals surface area contributed by atoms with E-state index >= 15 is 0 Å². The summed E-state index contributed by atoms with van der Waals surface area (Å²) in [6.07, 6.45) is 4.09. The second-order valence-corrected chi connectivity index (χ2v) is 9.24. The van der Waals surface area contributed by atoms with E-state index in [1.807, 2.05) is 12.1 Å². The van der Waals surface area contributed by atoms with Crippen LogP contribution < -0.4 is 20.9 Å². The molecule has 0 saturated carbocycles. The van der Waals surface area contributed by atoms with E-state index in [9.17, 15) is 13.6 Å². The van der Waals surface area contributed by atoms with Crippen LogP contribution in [0.2, 0.25) is 0 Å². The highest BCUT2D eigenvalue weighted by Crippen LogP contribution is 2.39. The van der Waals surface area contributed by atoms with Crippen molar-refractivity contribution in [2.24, 2.45) is 10.4 Å². The summed E-state index contributed by atoms with van der Waals surface area (Å²) in [5.41, 5.74) is 1.87. The Morgan fingerprint density at radius 1 is 1.31 bits per heavy atom. The predicted molar refractivity (Wildman–Crippen MR) is 127 cm³/mol. The third-order valence-corrected chi connectivity index (χ3v) is 6.23. The van der Waals surface area contributed by atoms with Gasteiger partial charge in [-0.15, -0.1) is 10.2 Å². The number of alkyl halides is 2. The number of aliphatic imine (C=N–C) groups is 1. The van der Waals surface area contributed by atoms with Gasteiger partial charge in [-0.05, 0) is 24.6 Å². The van der Waals surface area contributed by atoms with Gasteiger partial charge in [0.05, 0.1) is 24.6 Å². The van der Waals surface area contributed by atoms with Crippen molar-refractivity contribution in [1.82, 2.24) is 20.5 Å². The zero-order valence-corrected chi connectivity index (χ0v) is 19.4. The lowest BCUT2D eigenvalue weighted by Crippen LogP contribution is -2.44. The summed E-state index contributed by atoms with van der Waals surface area (Å²) in [6, 6.07) is 5.36. The molecular weight excluding hydrogens is 458 g/mol. The molecule has 10 nitrogen and oxygen atoms in total. The van der Waals surface area contributed by atoms with Crippen molar-refractivity contribution in [2.75, 3.05) is 41.8 Å². The summed E-state index contributed by atoms with van der Waals surface area (Å²) in [6.45, 7) is 5.55. The maximum absolute atomic E-state index is 13.8. The van der Waals surface area contributed by atoms with Crippen molar-refractivity contribution in [2.45, 2.75) is 32.4 Å². The average Bonchev–Trinajstić information content (AvgIpc) is 3.25. The summed E-state index contributed by atoms with van der Waals surface area (Å²) in [7, 11) is 0. The maximum Gasteiger partial charge on any atom is 0.285 e. The van der Waals surface area contributed by atoms with E-state index in [4.69, 9.17) is 4.74 Å². The second kappa shape index (κ2) is 8.84. The number of anilines is 3. The SMILES string of the molecule is CC(=O)Nc1cc(NC2=CC=NC(C(C)(F)F)N2)c(-c2ccc(N3CCC4(COC4)C3)nn2)cn1. The third-order valence-electron chi connectivity index (χ3n) is 6.23. The van der Waals surface area contributed by atoms with Gasteiger partial charge in [0.25, 0.3) is 5.92 Å². The number of nitrogens with one attached hydrogen (secondary N) is 3. The maximum atomic E-state index is 13.8. The highest BCUT2D eigenvalue weighted by molar-refractivity contribution is 5.89. The first kappa shape index (κ1) is 23.1. The van der Waals surface area contributed by atoms with Crippen molar-refractivity contribution in [3.8, 4) is 11.3 Å². The molecule has 1 spiro atoms. The second-order valence-electron chi connectivity index (χ2n) is 9.24. The predicted octanol–water partition coefficient (Wildman–Crippen LogP) is 2.63. The zero-order valence-electron chi connectivity index (χ0n) is 19.4. The normalized spacial score (nSPS) is 20.7. The van der Waals surface area contributed by atoms with Crippen LogP contribution in [0, 0.1) is 5.41 Å². The minimum atomic E-state index is -3.05. The number of amides is 1. The van der Waals surface area contributed by atoms with Gasteiger partial charge in [0.1, 0.15) is 11.6 Å². The molecule has 0 radical (unpaired) electrons. The lowest BCUT2D eigenvalue weighted by Gasteiger charge is -2.37. The van der Waals surface area contributed by atoms with Crippen LogP contribution in [-0.4, -0.2) is 65.7 Å². The molecule has 2 saturated heterocycles. The van der Waals surface area contributed by atoms with E-state index < -0.39 is 12.1 Å². The molecule has 184 valence electrons. The minimum absolute atomic E-state index is 0.234. The monoisotopic (exact) mass is 484 g/mol. The van der Waals surface area contributed by atoms with Gasteiger partial charge in [-0.3, -0.25) is 9.79 Å². The number of aromatic nitrogens is 3. The Bertz CT molecular complexity index is 1180. The number of halogens is 2.